The van der Waals surface area contributed by atoms with E-state index in [2.05, 4.69) is 5.32 Å². The van der Waals surface area contributed by atoms with E-state index in [0.717, 1.165) is 9.78 Å². The number of methoxy groups -OCH3 is 1. The Hall–Kier alpha value is -3.93. The van der Waals surface area contributed by atoms with Gasteiger partial charge in [-0.3, -0.25) is 23.5 Å². The predicted molar refractivity (Wildman–Crippen MR) is 148 cm³/mol. The molecule has 1 N–H and O–H groups in total. The van der Waals surface area contributed by atoms with Crippen LogP contribution in [0, 0.1) is 0 Å². The highest BCUT2D eigenvalue weighted by Gasteiger charge is 2.69. The van der Waals surface area contributed by atoms with Gasteiger partial charge in [0, 0.05) is 17.6 Å². The second kappa shape index (κ2) is 11.3. The van der Waals surface area contributed by atoms with Gasteiger partial charge in [-0.2, -0.15) is 0 Å². The van der Waals surface area contributed by atoms with Crippen molar-refractivity contribution in [3.8, 4) is 0 Å². The molecule has 3 aromatic rings. The quantitative estimate of drug-likeness (QED) is 0.236. The van der Waals surface area contributed by atoms with E-state index in [9.17, 15) is 23.4 Å². The number of rotatable bonds is 9. The van der Waals surface area contributed by atoms with Gasteiger partial charge in [-0.15, -0.1) is 11.3 Å². The normalized spacial score (nSPS) is 22.0. The predicted octanol–water partition coefficient (Wildman–Crippen LogP) is 2.86. The van der Waals surface area contributed by atoms with Crippen molar-refractivity contribution in [2.75, 3.05) is 12.9 Å². The highest BCUT2D eigenvalue weighted by atomic mass is 32.2. The van der Waals surface area contributed by atoms with E-state index in [1.165, 1.54) is 25.4 Å². The first-order valence-corrected chi connectivity index (χ1v) is 14.7. The van der Waals surface area contributed by atoms with Crippen LogP contribution in [0.2, 0.25) is 0 Å². The van der Waals surface area contributed by atoms with Crippen molar-refractivity contribution in [2.24, 2.45) is 0 Å². The summed E-state index contributed by atoms with van der Waals surface area (Å²) < 4.78 is 24.8. The Labute approximate surface area is 237 Å². The number of β-lactam (4-membered cyclic amide) rings is 1. The zero-order chi connectivity index (χ0) is 28.4. The zero-order valence-electron chi connectivity index (χ0n) is 21.7. The summed E-state index contributed by atoms with van der Waals surface area (Å²) >= 11 is 1.38. The molecule has 0 bridgehead atoms. The Bertz CT molecular complexity index is 1470. The average Bonchev–Trinajstić information content (AvgIpc) is 3.47. The number of fused-ring (bicyclic) bond motifs is 1. The number of benzene rings is 2. The van der Waals surface area contributed by atoms with Gasteiger partial charge in [0.15, 0.2) is 17.3 Å². The van der Waals surface area contributed by atoms with Gasteiger partial charge in [0.1, 0.15) is 5.70 Å². The molecule has 5 rings (SSSR count). The number of ether oxygens (including phenoxy) is 2. The molecule has 2 aromatic carbocycles. The number of ketones is 1. The molecule has 2 amide bonds. The second-order valence-corrected chi connectivity index (χ2v) is 11.8. The number of amides is 2. The molecule has 3 heterocycles. The maximum atomic E-state index is 13.8. The lowest BCUT2D eigenvalue weighted by Crippen LogP contribution is -2.83. The summed E-state index contributed by atoms with van der Waals surface area (Å²) in [6.45, 7) is 1.24. The summed E-state index contributed by atoms with van der Waals surface area (Å²) in [5.74, 6) is -3.06. The van der Waals surface area contributed by atoms with Gasteiger partial charge in [0.2, 0.25) is 5.91 Å². The number of hydrogen-bond donors (Lipinski definition) is 1. The Morgan fingerprint density at radius 2 is 1.68 bits per heavy atom. The van der Waals surface area contributed by atoms with E-state index in [-0.39, 0.29) is 23.4 Å². The fraction of sp³-hybridized carbons (Fsp3) is 0.241. The second-order valence-electron chi connectivity index (χ2n) is 9.29. The molecule has 206 valence electrons. The smallest absolute Gasteiger partial charge is 0.356 e. The Balaban J connectivity index is 1.48. The highest BCUT2D eigenvalue weighted by Crippen LogP contribution is 2.43. The van der Waals surface area contributed by atoms with Crippen molar-refractivity contribution in [3.05, 3.63) is 105 Å². The molecular formula is C29H26N2O7S2. The minimum Gasteiger partial charge on any atom is -0.448 e. The first-order chi connectivity index (χ1) is 19.3. The van der Waals surface area contributed by atoms with Crippen molar-refractivity contribution >= 4 is 45.7 Å². The SMILES string of the molecule is COC1(NC(=O)Cc2cccs2)C(=O)N2C(C(=O)OC(c3ccccc3)c3ccccc3)=C(C(C)=O)CS(=O)[C@@H]21. The van der Waals surface area contributed by atoms with E-state index >= 15 is 0 Å². The number of nitrogens with zero attached hydrogens (tertiary/aromatic N) is 1. The lowest BCUT2D eigenvalue weighted by molar-refractivity contribution is -0.193. The third-order valence-corrected chi connectivity index (χ3v) is 9.28. The standard InChI is InChI=1S/C29H26N2O7S2/c1-18(32)22-17-40(36)28-29(37-2,30-23(33)16-21-14-9-15-39-21)27(35)31(28)24(22)26(34)38-25(19-10-5-3-6-11-19)20-12-7-4-8-13-20/h3-15,25,28H,16-17H2,1-2H3,(H,30,33)/t28-,29?,40?/m1/s1. The first-order valence-electron chi connectivity index (χ1n) is 12.4. The number of hydrogen-bond acceptors (Lipinski definition) is 8. The number of nitrogens with one attached hydrogen (secondary N) is 1. The summed E-state index contributed by atoms with van der Waals surface area (Å²) in [6.07, 6.45) is -0.843. The number of carbonyl (C=O) groups excluding carboxylic acids is 4. The van der Waals surface area contributed by atoms with Crippen LogP contribution in [0.15, 0.2) is 89.4 Å². The Morgan fingerprint density at radius 3 is 2.20 bits per heavy atom. The fourth-order valence-corrected chi connectivity index (χ4v) is 7.43. The maximum Gasteiger partial charge on any atom is 0.356 e. The van der Waals surface area contributed by atoms with Crippen molar-refractivity contribution in [2.45, 2.75) is 30.5 Å². The van der Waals surface area contributed by atoms with Crippen molar-refractivity contribution in [1.29, 1.82) is 0 Å². The molecule has 0 radical (unpaired) electrons. The number of esters is 1. The lowest BCUT2D eigenvalue weighted by Gasteiger charge is -2.55. The van der Waals surface area contributed by atoms with Crippen LogP contribution in [-0.2, 0) is 45.9 Å². The summed E-state index contributed by atoms with van der Waals surface area (Å²) in [7, 11) is -0.641. The minimum atomic E-state index is -1.95. The molecule has 0 aliphatic carbocycles. The van der Waals surface area contributed by atoms with Gasteiger partial charge in [-0.05, 0) is 29.5 Å². The van der Waals surface area contributed by atoms with Crippen LogP contribution in [0.5, 0.6) is 0 Å². The summed E-state index contributed by atoms with van der Waals surface area (Å²) in [4.78, 5) is 54.6. The van der Waals surface area contributed by atoms with E-state index in [0.29, 0.717) is 11.1 Å². The van der Waals surface area contributed by atoms with Crippen LogP contribution in [0.4, 0.5) is 0 Å². The average molecular weight is 579 g/mol. The highest BCUT2D eigenvalue weighted by molar-refractivity contribution is 7.86. The molecule has 1 saturated heterocycles. The molecule has 1 aromatic heterocycles. The maximum absolute atomic E-state index is 13.8. The number of thiophene rings is 1. The van der Waals surface area contributed by atoms with Crippen LogP contribution in [0.1, 0.15) is 29.0 Å². The van der Waals surface area contributed by atoms with Crippen LogP contribution in [0.3, 0.4) is 0 Å². The Kier molecular flexibility index (Phi) is 7.79. The molecule has 0 spiro atoms. The number of carbonyl (C=O) groups is 4. The van der Waals surface area contributed by atoms with E-state index in [1.807, 2.05) is 41.8 Å². The third kappa shape index (κ3) is 4.91. The van der Waals surface area contributed by atoms with Gasteiger partial charge < -0.3 is 14.8 Å². The summed E-state index contributed by atoms with van der Waals surface area (Å²) in [6, 6.07) is 21.7. The molecule has 2 aliphatic rings. The van der Waals surface area contributed by atoms with Crippen LogP contribution in [-0.4, -0.2) is 56.6 Å². The van der Waals surface area contributed by atoms with Crippen molar-refractivity contribution in [3.63, 3.8) is 0 Å². The molecule has 1 fully saturated rings. The molecule has 9 nitrogen and oxygen atoms in total. The number of Topliss-reactive ketones (excluding diaryl/α,β-unsaturated/α-hetero) is 1. The Morgan fingerprint density at radius 1 is 1.05 bits per heavy atom. The van der Waals surface area contributed by atoms with Gasteiger partial charge in [-0.25, -0.2) is 4.79 Å². The van der Waals surface area contributed by atoms with Crippen LogP contribution in [0.25, 0.3) is 0 Å². The van der Waals surface area contributed by atoms with Crippen molar-refractivity contribution in [1.82, 2.24) is 10.2 Å². The molecule has 2 aliphatic heterocycles. The van der Waals surface area contributed by atoms with Gasteiger partial charge >= 0.3 is 5.97 Å². The molecule has 40 heavy (non-hydrogen) atoms. The van der Waals surface area contributed by atoms with Crippen LogP contribution < -0.4 is 5.32 Å². The van der Waals surface area contributed by atoms with E-state index < -0.39 is 51.6 Å². The van der Waals surface area contributed by atoms with Gasteiger partial charge in [-0.1, -0.05) is 66.7 Å². The van der Waals surface area contributed by atoms with Gasteiger partial charge in [0.25, 0.3) is 11.6 Å². The molecular weight excluding hydrogens is 552 g/mol. The lowest BCUT2D eigenvalue weighted by atomic mass is 9.96. The van der Waals surface area contributed by atoms with Crippen molar-refractivity contribution < 1.29 is 32.9 Å². The van der Waals surface area contributed by atoms with E-state index in [4.69, 9.17) is 9.47 Å². The van der Waals surface area contributed by atoms with Gasteiger partial charge in [0.05, 0.1) is 23.0 Å². The van der Waals surface area contributed by atoms with E-state index in [1.54, 1.807) is 36.4 Å². The molecule has 0 saturated carbocycles. The molecule has 2 unspecified atom stereocenters. The first kappa shape index (κ1) is 27.6. The zero-order valence-corrected chi connectivity index (χ0v) is 23.3. The summed E-state index contributed by atoms with van der Waals surface area (Å²) in [5, 5.41) is 3.19. The monoisotopic (exact) mass is 578 g/mol. The topological polar surface area (TPSA) is 119 Å². The fourth-order valence-electron chi connectivity index (χ4n) is 4.88. The minimum absolute atomic E-state index is 0.00528. The molecule has 11 heteroatoms. The molecule has 3 atom stereocenters. The largest absolute Gasteiger partial charge is 0.448 e. The summed E-state index contributed by atoms with van der Waals surface area (Å²) in [5.41, 5.74) is -0.956. The van der Waals surface area contributed by atoms with Crippen LogP contribution >= 0.6 is 11.3 Å². The third-order valence-electron chi connectivity index (χ3n) is 6.79.